The third kappa shape index (κ3) is 3.36. The molecule has 0 aliphatic carbocycles. The Labute approximate surface area is 117 Å². The van der Waals surface area contributed by atoms with Crippen LogP contribution in [0.2, 0.25) is 0 Å². The van der Waals surface area contributed by atoms with Crippen LogP contribution in [0.15, 0.2) is 24.3 Å². The van der Waals surface area contributed by atoms with E-state index in [9.17, 15) is 9.59 Å². The number of hydrogen-bond acceptors (Lipinski definition) is 3. The summed E-state index contributed by atoms with van der Waals surface area (Å²) in [6, 6.07) is 7.62. The van der Waals surface area contributed by atoms with Crippen molar-refractivity contribution in [1.82, 2.24) is 0 Å². The van der Waals surface area contributed by atoms with Crippen molar-refractivity contribution in [3.05, 3.63) is 29.8 Å². The predicted octanol–water partition coefficient (Wildman–Crippen LogP) is 2.38. The first-order chi connectivity index (χ1) is 9.47. The highest BCUT2D eigenvalue weighted by molar-refractivity contribution is 5.94. The number of benzene rings is 1. The molecular formula is C15H19NO4. The number of amides is 1. The number of carbonyl (C=O) groups excluding carboxylic acids is 1. The Bertz CT molecular complexity index is 495. The minimum Gasteiger partial charge on any atom is -0.479 e. The lowest BCUT2D eigenvalue weighted by molar-refractivity contribution is -0.150. The third-order valence-corrected chi connectivity index (χ3v) is 3.43. The van der Waals surface area contributed by atoms with E-state index >= 15 is 0 Å². The number of anilines is 1. The summed E-state index contributed by atoms with van der Waals surface area (Å²) < 4.78 is 5.21. The van der Waals surface area contributed by atoms with Crippen LogP contribution in [0.5, 0.6) is 0 Å². The number of carbonyl (C=O) groups is 2. The van der Waals surface area contributed by atoms with E-state index in [2.05, 4.69) is 19.2 Å². The number of rotatable bonds is 4. The molecule has 0 bridgehead atoms. The maximum absolute atomic E-state index is 12.0. The molecule has 0 spiro atoms. The van der Waals surface area contributed by atoms with Crippen LogP contribution >= 0.6 is 0 Å². The fourth-order valence-electron chi connectivity index (χ4n) is 2.19. The summed E-state index contributed by atoms with van der Waals surface area (Å²) in [5.74, 6) is -0.859. The largest absolute Gasteiger partial charge is 0.479 e. The van der Waals surface area contributed by atoms with Crippen molar-refractivity contribution in [2.45, 2.75) is 44.8 Å². The van der Waals surface area contributed by atoms with Gasteiger partial charge in [-0.05, 0) is 36.5 Å². The molecule has 2 rings (SSSR count). The summed E-state index contributed by atoms with van der Waals surface area (Å²) >= 11 is 0. The van der Waals surface area contributed by atoms with Gasteiger partial charge in [-0.3, -0.25) is 4.79 Å². The molecule has 2 N–H and O–H groups in total. The normalized spacial score (nSPS) is 21.9. The second-order valence-electron chi connectivity index (χ2n) is 5.29. The van der Waals surface area contributed by atoms with Gasteiger partial charge in [0.15, 0.2) is 6.10 Å². The summed E-state index contributed by atoms with van der Waals surface area (Å²) in [5, 5.41) is 11.6. The van der Waals surface area contributed by atoms with Gasteiger partial charge >= 0.3 is 5.97 Å². The highest BCUT2D eigenvalue weighted by Crippen LogP contribution is 2.22. The molecule has 108 valence electrons. The van der Waals surface area contributed by atoms with Crippen LogP contribution in [0.4, 0.5) is 5.69 Å². The molecule has 0 aromatic heterocycles. The van der Waals surface area contributed by atoms with Crippen LogP contribution in [-0.4, -0.2) is 29.2 Å². The maximum atomic E-state index is 12.0. The van der Waals surface area contributed by atoms with Gasteiger partial charge in [-0.2, -0.15) is 0 Å². The minimum absolute atomic E-state index is 0.286. The molecule has 1 aliphatic rings. The van der Waals surface area contributed by atoms with Gasteiger partial charge in [-0.25, -0.2) is 4.79 Å². The molecule has 5 heteroatoms. The van der Waals surface area contributed by atoms with Crippen LogP contribution in [0.3, 0.4) is 0 Å². The van der Waals surface area contributed by atoms with Crippen molar-refractivity contribution in [3.63, 3.8) is 0 Å². The molecule has 2 atom stereocenters. The molecule has 1 aromatic carbocycles. The van der Waals surface area contributed by atoms with Gasteiger partial charge < -0.3 is 15.2 Å². The van der Waals surface area contributed by atoms with Gasteiger partial charge in [0, 0.05) is 5.69 Å². The smallest absolute Gasteiger partial charge is 0.332 e. The number of hydrogen-bond donors (Lipinski definition) is 2. The predicted molar refractivity (Wildman–Crippen MR) is 74.7 cm³/mol. The van der Waals surface area contributed by atoms with E-state index in [1.54, 1.807) is 0 Å². The third-order valence-electron chi connectivity index (χ3n) is 3.43. The molecule has 0 unspecified atom stereocenters. The molecule has 1 aliphatic heterocycles. The van der Waals surface area contributed by atoms with E-state index in [0.29, 0.717) is 24.4 Å². The van der Waals surface area contributed by atoms with Crippen molar-refractivity contribution in [2.75, 3.05) is 5.32 Å². The Balaban J connectivity index is 1.93. The summed E-state index contributed by atoms with van der Waals surface area (Å²) in [6.07, 6.45) is -0.734. The van der Waals surface area contributed by atoms with Gasteiger partial charge in [-0.1, -0.05) is 26.0 Å². The highest BCUT2D eigenvalue weighted by Gasteiger charge is 2.34. The monoisotopic (exact) mass is 277 g/mol. The van der Waals surface area contributed by atoms with Gasteiger partial charge in [0.2, 0.25) is 0 Å². The van der Waals surface area contributed by atoms with Crippen LogP contribution in [0.1, 0.15) is 38.2 Å². The lowest BCUT2D eigenvalue weighted by Crippen LogP contribution is -2.29. The molecule has 1 aromatic rings. The zero-order valence-corrected chi connectivity index (χ0v) is 11.6. The average Bonchev–Trinajstić information content (AvgIpc) is 2.89. The number of aliphatic carboxylic acids is 1. The topological polar surface area (TPSA) is 75.6 Å². The van der Waals surface area contributed by atoms with Crippen molar-refractivity contribution < 1.29 is 19.4 Å². The number of carboxylic acids is 1. The van der Waals surface area contributed by atoms with Gasteiger partial charge in [0.1, 0.15) is 6.10 Å². The van der Waals surface area contributed by atoms with Gasteiger partial charge in [-0.15, -0.1) is 0 Å². The quantitative estimate of drug-likeness (QED) is 0.886. The molecule has 20 heavy (non-hydrogen) atoms. The van der Waals surface area contributed by atoms with E-state index < -0.39 is 18.2 Å². The Morgan fingerprint density at radius 1 is 1.20 bits per heavy atom. The first-order valence-electron chi connectivity index (χ1n) is 6.76. The standard InChI is InChI=1S/C15H19NO4/c1-9(2)10-3-5-11(6-4-10)16-14(17)12-7-8-13(20-12)15(18)19/h3-6,9,12-13H,7-8H2,1-2H3,(H,16,17)(H,18,19)/t12-,13+/m0/s1. The van der Waals surface area contributed by atoms with Crippen LogP contribution in [-0.2, 0) is 14.3 Å². The number of carboxylic acid groups (broad SMARTS) is 1. The first-order valence-corrected chi connectivity index (χ1v) is 6.76. The van der Waals surface area contributed by atoms with Crippen LogP contribution in [0.25, 0.3) is 0 Å². The van der Waals surface area contributed by atoms with E-state index in [1.165, 1.54) is 5.56 Å². The van der Waals surface area contributed by atoms with Crippen LogP contribution < -0.4 is 5.32 Å². The first kappa shape index (κ1) is 14.5. The summed E-state index contributed by atoms with van der Waals surface area (Å²) in [6.45, 7) is 4.21. The van der Waals surface area contributed by atoms with E-state index in [0.717, 1.165) is 0 Å². The molecular weight excluding hydrogens is 258 g/mol. The second kappa shape index (κ2) is 6.05. The van der Waals surface area contributed by atoms with E-state index in [-0.39, 0.29) is 5.91 Å². The summed E-state index contributed by atoms with van der Waals surface area (Å²) in [5.41, 5.74) is 1.90. The Kier molecular flexibility index (Phi) is 4.39. The Morgan fingerprint density at radius 3 is 2.30 bits per heavy atom. The van der Waals surface area contributed by atoms with Crippen LogP contribution in [0, 0.1) is 0 Å². The zero-order chi connectivity index (χ0) is 14.7. The van der Waals surface area contributed by atoms with Crippen molar-refractivity contribution in [2.24, 2.45) is 0 Å². The van der Waals surface area contributed by atoms with Crippen molar-refractivity contribution >= 4 is 17.6 Å². The van der Waals surface area contributed by atoms with Crippen molar-refractivity contribution in [1.29, 1.82) is 0 Å². The van der Waals surface area contributed by atoms with Crippen molar-refractivity contribution in [3.8, 4) is 0 Å². The minimum atomic E-state index is -1.01. The summed E-state index contributed by atoms with van der Waals surface area (Å²) in [4.78, 5) is 22.7. The maximum Gasteiger partial charge on any atom is 0.332 e. The van der Waals surface area contributed by atoms with Gasteiger partial charge in [0.25, 0.3) is 5.91 Å². The molecule has 0 radical (unpaired) electrons. The molecule has 1 amide bonds. The highest BCUT2D eigenvalue weighted by atomic mass is 16.5. The van der Waals surface area contributed by atoms with E-state index in [4.69, 9.17) is 9.84 Å². The average molecular weight is 277 g/mol. The number of nitrogens with one attached hydrogen (secondary N) is 1. The number of ether oxygens (including phenoxy) is 1. The molecule has 5 nitrogen and oxygen atoms in total. The molecule has 1 fully saturated rings. The molecule has 1 saturated heterocycles. The lowest BCUT2D eigenvalue weighted by Gasteiger charge is -2.12. The lowest BCUT2D eigenvalue weighted by atomic mass is 10.0. The second-order valence-corrected chi connectivity index (χ2v) is 5.29. The fourth-order valence-corrected chi connectivity index (χ4v) is 2.19. The Hall–Kier alpha value is -1.88. The summed E-state index contributed by atoms with van der Waals surface area (Å²) in [7, 11) is 0. The fraction of sp³-hybridized carbons (Fsp3) is 0.467. The molecule has 0 saturated carbocycles. The van der Waals surface area contributed by atoms with E-state index in [1.807, 2.05) is 24.3 Å². The Morgan fingerprint density at radius 2 is 1.80 bits per heavy atom. The van der Waals surface area contributed by atoms with Gasteiger partial charge in [0.05, 0.1) is 0 Å². The molecule has 1 heterocycles. The SMILES string of the molecule is CC(C)c1ccc(NC(=O)[C@@H]2CC[C@H](C(=O)O)O2)cc1. The zero-order valence-electron chi connectivity index (χ0n) is 11.6.